The van der Waals surface area contributed by atoms with E-state index in [1.54, 1.807) is 0 Å². The fourth-order valence-electron chi connectivity index (χ4n) is 3.02. The van der Waals surface area contributed by atoms with Crippen LogP contribution >= 0.6 is 0 Å². The summed E-state index contributed by atoms with van der Waals surface area (Å²) in [6, 6.07) is 0.0375. The van der Waals surface area contributed by atoms with E-state index in [0.29, 0.717) is 6.54 Å². The topological polar surface area (TPSA) is 78.4 Å². The van der Waals surface area contributed by atoms with Gasteiger partial charge in [0.1, 0.15) is 0 Å². The molecule has 2 amide bonds. The van der Waals surface area contributed by atoms with Gasteiger partial charge in [0.25, 0.3) is 0 Å². The Labute approximate surface area is 114 Å². The van der Waals surface area contributed by atoms with Crippen LogP contribution < -0.4 is 10.6 Å². The molecule has 2 aliphatic rings. The highest BCUT2D eigenvalue weighted by molar-refractivity contribution is 5.74. The van der Waals surface area contributed by atoms with Crippen LogP contribution in [0.4, 0.5) is 4.79 Å². The summed E-state index contributed by atoms with van der Waals surface area (Å²) in [7, 11) is 0. The van der Waals surface area contributed by atoms with Gasteiger partial charge in [-0.3, -0.25) is 4.79 Å². The van der Waals surface area contributed by atoms with Gasteiger partial charge in [-0.1, -0.05) is 19.3 Å². The molecule has 0 aliphatic heterocycles. The minimum Gasteiger partial charge on any atom is -0.481 e. The number of nitrogens with one attached hydrogen (secondary N) is 2. The number of carbonyl (C=O) groups is 2. The first-order valence-electron chi connectivity index (χ1n) is 7.33. The standard InChI is InChI=1S/C14H24N2O3/c1-9(7-10-5-6-10)16-14(19)15-8-11-3-2-4-12(11)13(17)18/h9-12H,2-8H2,1H3,(H,17,18)(H2,15,16,19). The molecule has 0 saturated heterocycles. The minimum absolute atomic E-state index is 0.0852. The zero-order valence-corrected chi connectivity index (χ0v) is 11.5. The van der Waals surface area contributed by atoms with Crippen molar-refractivity contribution in [2.75, 3.05) is 6.54 Å². The Hall–Kier alpha value is -1.26. The highest BCUT2D eigenvalue weighted by atomic mass is 16.4. The zero-order chi connectivity index (χ0) is 13.8. The average Bonchev–Trinajstić information content (AvgIpc) is 3.01. The number of amides is 2. The second-order valence-corrected chi connectivity index (χ2v) is 6.07. The van der Waals surface area contributed by atoms with Crippen molar-refractivity contribution in [3.8, 4) is 0 Å². The first-order chi connectivity index (χ1) is 9.06. The molecule has 0 spiro atoms. The normalized spacial score (nSPS) is 27.8. The summed E-state index contributed by atoms with van der Waals surface area (Å²) in [6.07, 6.45) is 6.21. The maximum atomic E-state index is 11.7. The molecule has 108 valence electrons. The van der Waals surface area contributed by atoms with E-state index in [4.69, 9.17) is 5.11 Å². The van der Waals surface area contributed by atoms with Gasteiger partial charge in [0, 0.05) is 12.6 Å². The lowest BCUT2D eigenvalue weighted by Crippen LogP contribution is -2.43. The van der Waals surface area contributed by atoms with Crippen LogP contribution in [0.5, 0.6) is 0 Å². The summed E-state index contributed by atoms with van der Waals surface area (Å²) in [5.74, 6) is -0.139. The summed E-state index contributed by atoms with van der Waals surface area (Å²) in [4.78, 5) is 22.8. The van der Waals surface area contributed by atoms with Gasteiger partial charge in [-0.15, -0.1) is 0 Å². The van der Waals surface area contributed by atoms with Crippen molar-refractivity contribution in [1.29, 1.82) is 0 Å². The Kier molecular flexibility index (Phi) is 4.66. The third-order valence-corrected chi connectivity index (χ3v) is 4.26. The second-order valence-electron chi connectivity index (χ2n) is 6.07. The fourth-order valence-corrected chi connectivity index (χ4v) is 3.02. The maximum Gasteiger partial charge on any atom is 0.315 e. The van der Waals surface area contributed by atoms with Crippen LogP contribution in [0.1, 0.15) is 45.4 Å². The molecule has 3 unspecified atom stereocenters. The number of carboxylic acid groups (broad SMARTS) is 1. The van der Waals surface area contributed by atoms with Crippen molar-refractivity contribution in [3.63, 3.8) is 0 Å². The highest BCUT2D eigenvalue weighted by Crippen LogP contribution is 2.33. The van der Waals surface area contributed by atoms with Gasteiger partial charge in [-0.25, -0.2) is 4.79 Å². The second kappa shape index (κ2) is 6.26. The largest absolute Gasteiger partial charge is 0.481 e. The molecular weight excluding hydrogens is 244 g/mol. The van der Waals surface area contributed by atoms with E-state index in [0.717, 1.165) is 31.6 Å². The minimum atomic E-state index is -0.730. The van der Waals surface area contributed by atoms with Crippen LogP contribution in [0.2, 0.25) is 0 Å². The molecule has 3 atom stereocenters. The molecule has 0 aromatic heterocycles. The van der Waals surface area contributed by atoms with E-state index in [2.05, 4.69) is 10.6 Å². The summed E-state index contributed by atoms with van der Waals surface area (Å²) in [5.41, 5.74) is 0. The molecule has 0 aromatic rings. The Morgan fingerprint density at radius 3 is 2.63 bits per heavy atom. The SMILES string of the molecule is CC(CC1CC1)NC(=O)NCC1CCCC1C(=O)O. The van der Waals surface area contributed by atoms with Crippen LogP contribution in [0.25, 0.3) is 0 Å². The lowest BCUT2D eigenvalue weighted by atomic mass is 9.96. The smallest absolute Gasteiger partial charge is 0.315 e. The van der Waals surface area contributed by atoms with Crippen molar-refractivity contribution in [1.82, 2.24) is 10.6 Å². The number of hydrogen-bond donors (Lipinski definition) is 3. The quantitative estimate of drug-likeness (QED) is 0.689. The van der Waals surface area contributed by atoms with Gasteiger partial charge in [0.05, 0.1) is 5.92 Å². The number of aliphatic carboxylic acids is 1. The number of hydrogen-bond acceptors (Lipinski definition) is 2. The molecule has 2 rings (SSSR count). The van der Waals surface area contributed by atoms with Gasteiger partial charge < -0.3 is 15.7 Å². The summed E-state index contributed by atoms with van der Waals surface area (Å²) >= 11 is 0. The Morgan fingerprint density at radius 2 is 2.00 bits per heavy atom. The van der Waals surface area contributed by atoms with E-state index >= 15 is 0 Å². The molecular formula is C14H24N2O3. The van der Waals surface area contributed by atoms with Crippen molar-refractivity contribution in [2.24, 2.45) is 17.8 Å². The molecule has 2 aliphatic carbocycles. The summed E-state index contributed by atoms with van der Waals surface area (Å²) < 4.78 is 0. The number of carboxylic acids is 1. The van der Waals surface area contributed by atoms with Crippen LogP contribution in [0.15, 0.2) is 0 Å². The lowest BCUT2D eigenvalue weighted by Gasteiger charge is -2.18. The molecule has 0 bridgehead atoms. The summed E-state index contributed by atoms with van der Waals surface area (Å²) in [6.45, 7) is 2.49. The van der Waals surface area contributed by atoms with Crippen LogP contribution in [-0.2, 0) is 4.79 Å². The maximum absolute atomic E-state index is 11.7. The third-order valence-electron chi connectivity index (χ3n) is 4.26. The molecule has 2 saturated carbocycles. The van der Waals surface area contributed by atoms with Gasteiger partial charge in [0.2, 0.25) is 0 Å². The molecule has 0 radical (unpaired) electrons. The van der Waals surface area contributed by atoms with Crippen molar-refractivity contribution < 1.29 is 14.7 Å². The van der Waals surface area contributed by atoms with E-state index in [-0.39, 0.29) is 23.9 Å². The monoisotopic (exact) mass is 268 g/mol. The van der Waals surface area contributed by atoms with Gasteiger partial charge in [-0.05, 0) is 38.0 Å². The lowest BCUT2D eigenvalue weighted by molar-refractivity contribution is -0.142. The molecule has 2 fully saturated rings. The van der Waals surface area contributed by atoms with E-state index in [1.165, 1.54) is 12.8 Å². The van der Waals surface area contributed by atoms with Gasteiger partial charge >= 0.3 is 12.0 Å². The van der Waals surface area contributed by atoms with Gasteiger partial charge in [0.15, 0.2) is 0 Å². The Balaban J connectivity index is 1.66. The van der Waals surface area contributed by atoms with Crippen LogP contribution in [0.3, 0.4) is 0 Å². The number of rotatable bonds is 6. The average molecular weight is 268 g/mol. The Bertz CT molecular complexity index is 342. The van der Waals surface area contributed by atoms with Crippen molar-refractivity contribution >= 4 is 12.0 Å². The molecule has 0 aromatic carbocycles. The number of carbonyl (C=O) groups excluding carboxylic acids is 1. The Morgan fingerprint density at radius 1 is 1.26 bits per heavy atom. The predicted octanol–water partition coefficient (Wildman–Crippen LogP) is 1.98. The third kappa shape index (κ3) is 4.40. The van der Waals surface area contributed by atoms with E-state index in [9.17, 15) is 9.59 Å². The molecule has 5 nitrogen and oxygen atoms in total. The van der Waals surface area contributed by atoms with Gasteiger partial charge in [-0.2, -0.15) is 0 Å². The van der Waals surface area contributed by atoms with E-state index < -0.39 is 5.97 Å². The first kappa shape index (κ1) is 14.2. The van der Waals surface area contributed by atoms with Crippen molar-refractivity contribution in [3.05, 3.63) is 0 Å². The van der Waals surface area contributed by atoms with Crippen LogP contribution in [-0.4, -0.2) is 29.7 Å². The molecule has 19 heavy (non-hydrogen) atoms. The summed E-state index contributed by atoms with van der Waals surface area (Å²) in [5, 5.41) is 14.8. The zero-order valence-electron chi connectivity index (χ0n) is 11.5. The van der Waals surface area contributed by atoms with E-state index in [1.807, 2.05) is 6.92 Å². The molecule has 5 heteroatoms. The highest BCUT2D eigenvalue weighted by Gasteiger charge is 2.33. The predicted molar refractivity (Wildman–Crippen MR) is 71.8 cm³/mol. The first-order valence-corrected chi connectivity index (χ1v) is 7.33. The fraction of sp³-hybridized carbons (Fsp3) is 0.857. The number of urea groups is 1. The van der Waals surface area contributed by atoms with Crippen LogP contribution in [0, 0.1) is 17.8 Å². The van der Waals surface area contributed by atoms with Crippen molar-refractivity contribution in [2.45, 2.75) is 51.5 Å². The molecule has 0 heterocycles. The molecule has 3 N–H and O–H groups in total.